The molecule has 30 heavy (non-hydrogen) atoms. The maximum Gasteiger partial charge on any atom is 0.311 e. The van der Waals surface area contributed by atoms with Crippen molar-refractivity contribution in [3.63, 3.8) is 0 Å². The van der Waals surface area contributed by atoms with E-state index in [1.165, 1.54) is 12.1 Å². The summed E-state index contributed by atoms with van der Waals surface area (Å²) in [6, 6.07) is 5.64. The second-order valence-corrected chi connectivity index (χ2v) is 7.53. The van der Waals surface area contributed by atoms with Crippen molar-refractivity contribution < 1.29 is 28.6 Å². The summed E-state index contributed by atoms with van der Waals surface area (Å²) in [6.45, 7) is 3.48. The van der Waals surface area contributed by atoms with Crippen LogP contribution in [-0.4, -0.2) is 26.7 Å². The molecule has 3 rings (SSSR count). The lowest BCUT2D eigenvalue weighted by molar-refractivity contribution is -0.139. The summed E-state index contributed by atoms with van der Waals surface area (Å²) < 4.78 is 29.2. The van der Waals surface area contributed by atoms with Gasteiger partial charge in [-0.05, 0) is 43.2 Å². The molecule has 0 bridgehead atoms. The van der Waals surface area contributed by atoms with E-state index in [0.717, 1.165) is 29.2 Å². The number of phenols is 1. The first-order valence-corrected chi connectivity index (χ1v) is 9.81. The Labute approximate surface area is 176 Å². The summed E-state index contributed by atoms with van der Waals surface area (Å²) in [7, 11) is 0. The van der Waals surface area contributed by atoms with Gasteiger partial charge in [0.05, 0.1) is 16.5 Å². The fourth-order valence-electron chi connectivity index (χ4n) is 3.71. The smallest absolute Gasteiger partial charge is 0.311 e. The lowest BCUT2D eigenvalue weighted by Gasteiger charge is -2.14. The lowest BCUT2D eigenvalue weighted by Crippen LogP contribution is -2.16. The molecule has 1 heterocycles. The average Bonchev–Trinajstić information content (AvgIpc) is 2.95. The summed E-state index contributed by atoms with van der Waals surface area (Å²) in [5, 5.41) is 19.8. The molecule has 2 aromatic carbocycles. The topological polar surface area (TPSA) is 79.5 Å². The van der Waals surface area contributed by atoms with Crippen LogP contribution in [0.3, 0.4) is 0 Å². The van der Waals surface area contributed by atoms with Crippen LogP contribution >= 0.6 is 11.6 Å². The van der Waals surface area contributed by atoms with E-state index >= 15 is 0 Å². The number of carbonyl (C=O) groups is 2. The van der Waals surface area contributed by atoms with E-state index in [0.29, 0.717) is 24.1 Å². The van der Waals surface area contributed by atoms with Crippen molar-refractivity contribution in [2.75, 3.05) is 0 Å². The lowest BCUT2D eigenvalue weighted by atomic mass is 9.91. The molecule has 0 aliphatic carbocycles. The third-order valence-corrected chi connectivity index (χ3v) is 5.49. The molecule has 8 heteroatoms. The van der Waals surface area contributed by atoms with E-state index in [1.54, 1.807) is 6.92 Å². The van der Waals surface area contributed by atoms with Crippen LogP contribution < -0.4 is 0 Å². The Balaban J connectivity index is 2.30. The molecule has 158 valence electrons. The number of carbonyl (C=O) groups excluding carboxylic acids is 1. The molecule has 1 atom stereocenters. The Morgan fingerprint density at radius 2 is 1.87 bits per heavy atom. The van der Waals surface area contributed by atoms with E-state index in [4.69, 9.17) is 11.6 Å². The molecule has 3 aromatic rings. The van der Waals surface area contributed by atoms with Crippen molar-refractivity contribution in [3.8, 4) is 5.75 Å². The van der Waals surface area contributed by atoms with Gasteiger partial charge < -0.3 is 10.2 Å². The van der Waals surface area contributed by atoms with Crippen molar-refractivity contribution >= 4 is 34.4 Å². The number of rotatable bonds is 6. The molecule has 0 unspecified atom stereocenters. The third-order valence-electron chi connectivity index (χ3n) is 5.18. The molecule has 0 saturated heterocycles. The number of carboxylic acids is 1. The first-order valence-electron chi connectivity index (χ1n) is 9.43. The van der Waals surface area contributed by atoms with Gasteiger partial charge in [0.25, 0.3) is 5.91 Å². The van der Waals surface area contributed by atoms with E-state index in [2.05, 4.69) is 0 Å². The van der Waals surface area contributed by atoms with Crippen molar-refractivity contribution in [3.05, 3.63) is 63.8 Å². The van der Waals surface area contributed by atoms with Crippen LogP contribution in [0, 0.1) is 18.6 Å². The number of benzene rings is 2. The molecule has 5 nitrogen and oxygen atoms in total. The number of nitrogens with zero attached hydrogens (tertiary/aromatic N) is 1. The van der Waals surface area contributed by atoms with Crippen LogP contribution in [0.25, 0.3) is 10.9 Å². The number of unbranched alkanes of at least 4 members (excludes halogenated alkanes) is 1. The van der Waals surface area contributed by atoms with E-state index < -0.39 is 35.2 Å². The summed E-state index contributed by atoms with van der Waals surface area (Å²) >= 11 is 5.69. The zero-order valence-electron chi connectivity index (χ0n) is 16.4. The van der Waals surface area contributed by atoms with Gasteiger partial charge >= 0.3 is 5.97 Å². The van der Waals surface area contributed by atoms with Gasteiger partial charge in [-0.2, -0.15) is 0 Å². The molecule has 0 aliphatic rings. The van der Waals surface area contributed by atoms with Gasteiger partial charge in [0.2, 0.25) is 0 Å². The van der Waals surface area contributed by atoms with Gasteiger partial charge in [-0.15, -0.1) is 0 Å². The minimum absolute atomic E-state index is 0.0302. The highest BCUT2D eigenvalue weighted by molar-refractivity contribution is 6.30. The SMILES string of the molecule is CCCC[C@H](C(=O)O)c1c(C)n(C(=O)c2ccc(Cl)c(F)c2)c2cc(F)c(O)cc12. The number of fused-ring (bicyclic) bond motifs is 1. The summed E-state index contributed by atoms with van der Waals surface area (Å²) in [4.78, 5) is 25.2. The number of hydrogen-bond acceptors (Lipinski definition) is 3. The third kappa shape index (κ3) is 3.77. The predicted octanol–water partition coefficient (Wildman–Crippen LogP) is 5.63. The van der Waals surface area contributed by atoms with Crippen LogP contribution in [0.4, 0.5) is 8.78 Å². The van der Waals surface area contributed by atoms with Gasteiger partial charge in [0.1, 0.15) is 5.82 Å². The van der Waals surface area contributed by atoms with Gasteiger partial charge in [0.15, 0.2) is 11.6 Å². The Morgan fingerprint density at radius 1 is 1.17 bits per heavy atom. The fraction of sp³-hybridized carbons (Fsp3) is 0.273. The van der Waals surface area contributed by atoms with Crippen molar-refractivity contribution in [2.24, 2.45) is 0 Å². The zero-order chi connectivity index (χ0) is 22.2. The highest BCUT2D eigenvalue weighted by Gasteiger charge is 2.30. The number of halogens is 3. The average molecular weight is 436 g/mol. The Kier molecular flexibility index (Phi) is 6.12. The van der Waals surface area contributed by atoms with Gasteiger partial charge in [-0.3, -0.25) is 14.2 Å². The van der Waals surface area contributed by atoms with Crippen LogP contribution in [0.2, 0.25) is 5.02 Å². The Bertz CT molecular complexity index is 1160. The van der Waals surface area contributed by atoms with Gasteiger partial charge in [-0.1, -0.05) is 31.4 Å². The Hall–Kier alpha value is -2.93. The summed E-state index contributed by atoms with van der Waals surface area (Å²) in [6.07, 6.45) is 1.71. The van der Waals surface area contributed by atoms with E-state index in [-0.39, 0.29) is 21.5 Å². The first kappa shape index (κ1) is 21.8. The number of aromatic nitrogens is 1. The van der Waals surface area contributed by atoms with Crippen molar-refractivity contribution in [1.29, 1.82) is 0 Å². The van der Waals surface area contributed by atoms with Gasteiger partial charge in [0, 0.05) is 22.7 Å². The monoisotopic (exact) mass is 435 g/mol. The van der Waals surface area contributed by atoms with Gasteiger partial charge in [-0.25, -0.2) is 8.78 Å². The fourth-order valence-corrected chi connectivity index (χ4v) is 3.83. The van der Waals surface area contributed by atoms with Crippen LogP contribution in [0.5, 0.6) is 5.75 Å². The first-order chi connectivity index (χ1) is 14.2. The predicted molar refractivity (Wildman–Crippen MR) is 109 cm³/mol. The number of aliphatic carboxylic acids is 1. The molecule has 0 saturated carbocycles. The molecule has 0 fully saturated rings. The molecule has 0 aliphatic heterocycles. The second-order valence-electron chi connectivity index (χ2n) is 7.12. The minimum Gasteiger partial charge on any atom is -0.505 e. The van der Waals surface area contributed by atoms with E-state index in [9.17, 15) is 28.6 Å². The van der Waals surface area contributed by atoms with Crippen LogP contribution in [-0.2, 0) is 4.79 Å². The van der Waals surface area contributed by atoms with Crippen LogP contribution in [0.1, 0.15) is 53.7 Å². The molecule has 2 N–H and O–H groups in total. The molecule has 0 radical (unpaired) electrons. The Morgan fingerprint density at radius 3 is 2.47 bits per heavy atom. The summed E-state index contributed by atoms with van der Waals surface area (Å²) in [5.41, 5.74) is 0.682. The van der Waals surface area contributed by atoms with Crippen LogP contribution in [0.15, 0.2) is 30.3 Å². The molecular formula is C22H20ClF2NO4. The highest BCUT2D eigenvalue weighted by Crippen LogP contribution is 2.38. The maximum absolute atomic E-state index is 14.1. The van der Waals surface area contributed by atoms with Crippen molar-refractivity contribution in [1.82, 2.24) is 4.57 Å². The quantitative estimate of drug-likeness (QED) is 0.525. The number of carboxylic acid groups (broad SMARTS) is 1. The van der Waals surface area contributed by atoms with E-state index in [1.807, 2.05) is 6.92 Å². The maximum atomic E-state index is 14.1. The summed E-state index contributed by atoms with van der Waals surface area (Å²) in [5.74, 6) is -5.09. The standard InChI is InChI=1S/C22H20ClF2NO4/c1-3-4-5-13(22(29)30)20-11(2)26(18-10-17(25)19(27)9-14(18)20)21(28)12-6-7-15(23)16(24)8-12/h6-10,13,27H,3-5H2,1-2H3,(H,29,30)/t13-/m0/s1. The molecule has 0 amide bonds. The number of phenolic OH excluding ortho intramolecular Hbond substituents is 1. The largest absolute Gasteiger partial charge is 0.505 e. The second kappa shape index (κ2) is 8.44. The molecule has 0 spiro atoms. The number of aromatic hydroxyl groups is 1. The normalized spacial score (nSPS) is 12.3. The highest BCUT2D eigenvalue weighted by atomic mass is 35.5. The number of hydrogen-bond donors (Lipinski definition) is 2. The minimum atomic E-state index is -1.08. The van der Waals surface area contributed by atoms with Crippen molar-refractivity contribution in [2.45, 2.75) is 39.0 Å². The molecular weight excluding hydrogens is 416 g/mol. The molecule has 1 aromatic heterocycles. The zero-order valence-corrected chi connectivity index (χ0v) is 17.1.